The first-order chi connectivity index (χ1) is 50.5. The molecule has 0 saturated heterocycles. The van der Waals surface area contributed by atoms with Crippen LogP contribution in [0.4, 0.5) is 0 Å². The molecule has 5 atom stereocenters. The van der Waals surface area contributed by atoms with Crippen molar-refractivity contribution < 1.29 is 80.2 Å². The summed E-state index contributed by atoms with van der Waals surface area (Å²) in [5.41, 5.74) is 0. The molecular weight excluding hydrogens is 1350 g/mol. The molecule has 0 aromatic heterocycles. The van der Waals surface area contributed by atoms with Crippen LogP contribution in [0, 0.1) is 5.92 Å². The van der Waals surface area contributed by atoms with Crippen molar-refractivity contribution in [3.63, 3.8) is 0 Å². The Balaban J connectivity index is 5.21. The van der Waals surface area contributed by atoms with Crippen LogP contribution in [0.15, 0.2) is 0 Å². The molecule has 0 spiro atoms. The van der Waals surface area contributed by atoms with Crippen LogP contribution in [0.5, 0.6) is 0 Å². The van der Waals surface area contributed by atoms with Gasteiger partial charge in [-0.15, -0.1) is 0 Å². The highest BCUT2D eigenvalue weighted by atomic mass is 31.2. The summed E-state index contributed by atoms with van der Waals surface area (Å²) in [6.45, 7) is 7.31. The third-order valence-corrected chi connectivity index (χ3v) is 21.9. The molecular formula is C85H166O17P2. The van der Waals surface area contributed by atoms with Crippen molar-refractivity contribution >= 4 is 39.5 Å². The van der Waals surface area contributed by atoms with Gasteiger partial charge in [-0.1, -0.05) is 407 Å². The highest BCUT2D eigenvalue weighted by Gasteiger charge is 2.30. The van der Waals surface area contributed by atoms with Crippen LogP contribution in [0.3, 0.4) is 0 Å². The average molecular weight is 1520 g/mol. The Morgan fingerprint density at radius 2 is 0.442 bits per heavy atom. The Hall–Kier alpha value is -1.94. The fourth-order valence-electron chi connectivity index (χ4n) is 13.3. The predicted octanol–water partition coefficient (Wildman–Crippen LogP) is 26.0. The molecule has 0 aliphatic carbocycles. The summed E-state index contributed by atoms with van der Waals surface area (Å²) in [6.07, 6.45) is 71.0. The Morgan fingerprint density at radius 1 is 0.260 bits per heavy atom. The number of ether oxygens (including phenoxy) is 4. The van der Waals surface area contributed by atoms with E-state index in [1.165, 1.54) is 283 Å². The van der Waals surface area contributed by atoms with Gasteiger partial charge >= 0.3 is 39.5 Å². The van der Waals surface area contributed by atoms with Gasteiger partial charge in [-0.05, 0) is 31.6 Å². The maximum absolute atomic E-state index is 13.1. The lowest BCUT2D eigenvalue weighted by atomic mass is 10.0. The lowest BCUT2D eigenvalue weighted by molar-refractivity contribution is -0.161. The first-order valence-corrected chi connectivity index (χ1v) is 47.1. The number of carbonyl (C=O) groups excluding carboxylic acids is 4. The fraction of sp³-hybridized carbons (Fsp3) is 0.953. The van der Waals surface area contributed by atoms with Crippen molar-refractivity contribution in [1.29, 1.82) is 0 Å². The van der Waals surface area contributed by atoms with Gasteiger partial charge in [0.15, 0.2) is 12.2 Å². The zero-order valence-electron chi connectivity index (χ0n) is 68.2. The summed E-state index contributed by atoms with van der Waals surface area (Å²) in [7, 11) is -9.92. The molecule has 104 heavy (non-hydrogen) atoms. The van der Waals surface area contributed by atoms with Crippen molar-refractivity contribution in [2.45, 2.75) is 477 Å². The SMILES string of the molecule is CCCCCCCCCCCCCCCCCCCCCCCC(=O)O[C@H](COC(=O)CCCCCCCCCCCCCCCCCCCCCC)COP(=O)(O)OC[C@@H](O)COP(=O)(O)OC[C@@H](COC(=O)CCCCCCCCCCC(C)C)OC(=O)CCCCCCCCCCCCCC. The van der Waals surface area contributed by atoms with Gasteiger partial charge in [0.2, 0.25) is 0 Å². The molecule has 3 N–H and O–H groups in total. The maximum Gasteiger partial charge on any atom is 0.472 e. The molecule has 0 aliphatic heterocycles. The number of unbranched alkanes of at least 4 members (excludes halogenated alkanes) is 57. The summed E-state index contributed by atoms with van der Waals surface area (Å²) in [4.78, 5) is 73.1. The van der Waals surface area contributed by atoms with E-state index in [0.717, 1.165) is 95.8 Å². The largest absolute Gasteiger partial charge is 0.472 e. The smallest absolute Gasteiger partial charge is 0.462 e. The minimum Gasteiger partial charge on any atom is -0.462 e. The normalized spacial score (nSPS) is 13.8. The zero-order chi connectivity index (χ0) is 76.2. The molecule has 618 valence electrons. The molecule has 2 unspecified atom stereocenters. The van der Waals surface area contributed by atoms with Crippen molar-refractivity contribution in [1.82, 2.24) is 0 Å². The number of rotatable bonds is 85. The highest BCUT2D eigenvalue weighted by molar-refractivity contribution is 7.47. The standard InChI is InChI=1S/C85H166O17P2/c1-6-9-12-15-18-21-24-27-29-31-33-35-37-39-41-43-46-49-56-61-66-71-85(90)101-80(74-95-82(87)68-63-58-53-47-45-42-40-38-36-34-32-30-28-25-22-19-16-13-10-7-2)76-99-103(91,92)97-72-79(86)73-98-104(93,94)100-77-81(75-96-83(88)69-64-59-54-51-50-52-57-62-67-78(4)5)102-84(89)70-65-60-55-48-44-26-23-20-17-14-11-8-3/h78-81,86H,6-77H2,1-5H3,(H,91,92)(H,93,94)/t79-,80-,81-/m1/s1. The molecule has 0 saturated carbocycles. The number of aliphatic hydroxyl groups is 1. The number of hydrogen-bond donors (Lipinski definition) is 3. The molecule has 0 aromatic carbocycles. The van der Waals surface area contributed by atoms with Gasteiger partial charge < -0.3 is 33.8 Å². The predicted molar refractivity (Wildman–Crippen MR) is 428 cm³/mol. The summed E-state index contributed by atoms with van der Waals surface area (Å²) in [5, 5.41) is 10.7. The molecule has 0 fully saturated rings. The van der Waals surface area contributed by atoms with Gasteiger partial charge in [0, 0.05) is 25.7 Å². The quantitative estimate of drug-likeness (QED) is 0.0222. The van der Waals surface area contributed by atoms with Crippen molar-refractivity contribution in [2.75, 3.05) is 39.6 Å². The summed E-state index contributed by atoms with van der Waals surface area (Å²) in [5.74, 6) is -1.38. The minimum atomic E-state index is -4.96. The molecule has 0 rings (SSSR count). The summed E-state index contributed by atoms with van der Waals surface area (Å²) >= 11 is 0. The number of carbonyl (C=O) groups is 4. The van der Waals surface area contributed by atoms with Crippen LogP contribution in [-0.2, 0) is 65.4 Å². The van der Waals surface area contributed by atoms with Crippen LogP contribution >= 0.6 is 15.6 Å². The molecule has 0 bridgehead atoms. The summed E-state index contributed by atoms with van der Waals surface area (Å²) < 4.78 is 68.8. The van der Waals surface area contributed by atoms with Gasteiger partial charge in [-0.3, -0.25) is 37.3 Å². The second kappa shape index (κ2) is 77.8. The zero-order valence-corrected chi connectivity index (χ0v) is 70.0. The van der Waals surface area contributed by atoms with E-state index in [1.54, 1.807) is 0 Å². The van der Waals surface area contributed by atoms with Gasteiger partial charge in [0.05, 0.1) is 26.4 Å². The van der Waals surface area contributed by atoms with Crippen LogP contribution in [0.1, 0.15) is 458 Å². The monoisotopic (exact) mass is 1520 g/mol. The van der Waals surface area contributed by atoms with E-state index in [2.05, 4.69) is 34.6 Å². The first-order valence-electron chi connectivity index (χ1n) is 44.1. The van der Waals surface area contributed by atoms with E-state index >= 15 is 0 Å². The Labute approximate surface area is 638 Å². The van der Waals surface area contributed by atoms with E-state index < -0.39 is 97.5 Å². The van der Waals surface area contributed by atoms with Crippen molar-refractivity contribution in [3.05, 3.63) is 0 Å². The van der Waals surface area contributed by atoms with Crippen LogP contribution in [0.25, 0.3) is 0 Å². The Kier molecular flexibility index (Phi) is 76.3. The second-order valence-electron chi connectivity index (χ2n) is 31.1. The Morgan fingerprint density at radius 3 is 0.654 bits per heavy atom. The molecule has 0 heterocycles. The fourth-order valence-corrected chi connectivity index (χ4v) is 14.9. The van der Waals surface area contributed by atoms with E-state index in [1.807, 2.05) is 0 Å². The topological polar surface area (TPSA) is 237 Å². The molecule has 0 amide bonds. The van der Waals surface area contributed by atoms with E-state index in [4.69, 9.17) is 37.0 Å². The van der Waals surface area contributed by atoms with Crippen molar-refractivity contribution in [2.24, 2.45) is 5.92 Å². The van der Waals surface area contributed by atoms with Crippen LogP contribution < -0.4 is 0 Å². The van der Waals surface area contributed by atoms with Gasteiger partial charge in [-0.2, -0.15) is 0 Å². The highest BCUT2D eigenvalue weighted by Crippen LogP contribution is 2.45. The number of hydrogen-bond acceptors (Lipinski definition) is 15. The van der Waals surface area contributed by atoms with Gasteiger partial charge in [0.1, 0.15) is 19.3 Å². The number of phosphoric ester groups is 2. The van der Waals surface area contributed by atoms with E-state index in [0.29, 0.717) is 25.7 Å². The van der Waals surface area contributed by atoms with Gasteiger partial charge in [0.25, 0.3) is 0 Å². The minimum absolute atomic E-state index is 0.107. The third-order valence-electron chi connectivity index (χ3n) is 20.0. The second-order valence-corrected chi connectivity index (χ2v) is 34.0. The first kappa shape index (κ1) is 102. The number of phosphoric acid groups is 2. The molecule has 17 nitrogen and oxygen atoms in total. The molecule has 0 aromatic rings. The third kappa shape index (κ3) is 78.2. The van der Waals surface area contributed by atoms with E-state index in [-0.39, 0.29) is 25.7 Å². The number of esters is 4. The summed E-state index contributed by atoms with van der Waals surface area (Å²) in [6, 6.07) is 0. The number of aliphatic hydroxyl groups excluding tert-OH is 1. The van der Waals surface area contributed by atoms with Crippen LogP contribution in [0.2, 0.25) is 0 Å². The van der Waals surface area contributed by atoms with Gasteiger partial charge in [-0.25, -0.2) is 9.13 Å². The van der Waals surface area contributed by atoms with Crippen molar-refractivity contribution in [3.8, 4) is 0 Å². The molecule has 19 heteroatoms. The lowest BCUT2D eigenvalue weighted by Crippen LogP contribution is -2.30. The van der Waals surface area contributed by atoms with Crippen LogP contribution in [-0.4, -0.2) is 96.7 Å². The lowest BCUT2D eigenvalue weighted by Gasteiger charge is -2.21. The van der Waals surface area contributed by atoms with E-state index in [9.17, 15) is 43.2 Å². The molecule has 0 radical (unpaired) electrons. The average Bonchev–Trinajstić information content (AvgIpc) is 0.902. The Bertz CT molecular complexity index is 1980. The molecule has 0 aliphatic rings. The maximum atomic E-state index is 13.1.